The van der Waals surface area contributed by atoms with Gasteiger partial charge in [-0.15, -0.1) is 0 Å². The third kappa shape index (κ3) is 2.98. The third-order valence-corrected chi connectivity index (χ3v) is 5.33. The maximum absolute atomic E-state index is 12.3. The molecular formula is C21H21N5O. The third-order valence-electron chi connectivity index (χ3n) is 5.33. The molecule has 27 heavy (non-hydrogen) atoms. The van der Waals surface area contributed by atoms with Gasteiger partial charge in [-0.1, -0.05) is 12.1 Å². The van der Waals surface area contributed by atoms with Crippen LogP contribution in [0.1, 0.15) is 5.56 Å². The minimum absolute atomic E-state index is 0.0336. The van der Waals surface area contributed by atoms with Crippen LogP contribution in [0, 0.1) is 0 Å². The first-order valence-corrected chi connectivity index (χ1v) is 9.27. The summed E-state index contributed by atoms with van der Waals surface area (Å²) < 4.78 is 2.08. The molecule has 0 aliphatic carbocycles. The van der Waals surface area contributed by atoms with Crippen molar-refractivity contribution in [1.29, 1.82) is 0 Å². The van der Waals surface area contributed by atoms with Crippen LogP contribution in [-0.2, 0) is 6.54 Å². The van der Waals surface area contributed by atoms with Crippen LogP contribution in [0.5, 0.6) is 0 Å². The summed E-state index contributed by atoms with van der Waals surface area (Å²) in [5, 5.41) is 0.720. The number of H-pyrrole nitrogens is 1. The highest BCUT2D eigenvalue weighted by molar-refractivity contribution is 5.80. The van der Waals surface area contributed by atoms with Gasteiger partial charge < -0.3 is 14.3 Å². The highest BCUT2D eigenvalue weighted by Gasteiger charge is 2.18. The first-order chi connectivity index (χ1) is 13.3. The molecule has 4 aromatic rings. The van der Waals surface area contributed by atoms with Crippen molar-refractivity contribution >= 4 is 22.2 Å². The molecule has 0 saturated carbocycles. The van der Waals surface area contributed by atoms with E-state index in [-0.39, 0.29) is 5.56 Å². The van der Waals surface area contributed by atoms with Crippen LogP contribution in [0.15, 0.2) is 65.8 Å². The lowest BCUT2D eigenvalue weighted by Crippen LogP contribution is -2.45. The van der Waals surface area contributed by atoms with E-state index in [9.17, 15) is 4.79 Å². The number of nitrogens with zero attached hydrogens (tertiary/aromatic N) is 4. The second-order valence-corrected chi connectivity index (χ2v) is 7.04. The van der Waals surface area contributed by atoms with Gasteiger partial charge in [-0.05, 0) is 35.9 Å². The van der Waals surface area contributed by atoms with Gasteiger partial charge in [0, 0.05) is 57.0 Å². The number of fused-ring (bicyclic) bond motifs is 3. The van der Waals surface area contributed by atoms with E-state index in [1.165, 1.54) is 11.3 Å². The number of para-hydroxylation sites is 1. The molecule has 0 radical (unpaired) electrons. The second-order valence-electron chi connectivity index (χ2n) is 7.04. The fourth-order valence-corrected chi connectivity index (χ4v) is 3.94. The molecule has 0 amide bonds. The van der Waals surface area contributed by atoms with E-state index in [4.69, 9.17) is 0 Å². The van der Waals surface area contributed by atoms with E-state index >= 15 is 0 Å². The fourth-order valence-electron chi connectivity index (χ4n) is 3.94. The molecule has 1 saturated heterocycles. The van der Waals surface area contributed by atoms with Crippen molar-refractivity contribution in [3.8, 4) is 0 Å². The first-order valence-electron chi connectivity index (χ1n) is 9.27. The van der Waals surface area contributed by atoms with Gasteiger partial charge in [0.1, 0.15) is 5.65 Å². The fraction of sp³-hybridized carbons (Fsp3) is 0.238. The van der Waals surface area contributed by atoms with Crippen molar-refractivity contribution in [1.82, 2.24) is 19.3 Å². The van der Waals surface area contributed by atoms with Gasteiger partial charge in [0.15, 0.2) is 0 Å². The van der Waals surface area contributed by atoms with Crippen LogP contribution >= 0.6 is 0 Å². The Kier molecular flexibility index (Phi) is 3.90. The number of hydrogen-bond acceptors (Lipinski definition) is 4. The minimum atomic E-state index is -0.0336. The van der Waals surface area contributed by atoms with E-state index < -0.39 is 0 Å². The van der Waals surface area contributed by atoms with Crippen molar-refractivity contribution in [3.63, 3.8) is 0 Å². The molecule has 0 bridgehead atoms. The van der Waals surface area contributed by atoms with E-state index in [0.717, 1.165) is 49.3 Å². The molecule has 0 atom stereocenters. The summed E-state index contributed by atoms with van der Waals surface area (Å²) in [6.07, 6.45) is 5.84. The molecule has 1 aliphatic rings. The monoisotopic (exact) mass is 359 g/mol. The number of hydrogen-bond donors (Lipinski definition) is 1. The van der Waals surface area contributed by atoms with Gasteiger partial charge in [0.2, 0.25) is 0 Å². The standard InChI is InChI=1S/C21H21N5O/c27-21-18-3-1-2-4-19(18)26-15-16(13-20(26)23-21)14-24-9-11-25(12-10-24)17-5-7-22-8-6-17/h1-8,13,15H,9-12,14H2,(H,23,27). The van der Waals surface area contributed by atoms with E-state index in [1.807, 2.05) is 36.7 Å². The highest BCUT2D eigenvalue weighted by atomic mass is 16.1. The first kappa shape index (κ1) is 16.1. The number of pyridine rings is 1. The Balaban J connectivity index is 1.35. The van der Waals surface area contributed by atoms with Gasteiger partial charge in [-0.2, -0.15) is 0 Å². The lowest BCUT2D eigenvalue weighted by molar-refractivity contribution is 0.250. The summed E-state index contributed by atoms with van der Waals surface area (Å²) in [4.78, 5) is 24.2. The molecule has 6 nitrogen and oxygen atoms in total. The van der Waals surface area contributed by atoms with Crippen LogP contribution in [0.3, 0.4) is 0 Å². The summed E-state index contributed by atoms with van der Waals surface area (Å²) >= 11 is 0. The maximum Gasteiger partial charge on any atom is 0.258 e. The van der Waals surface area contributed by atoms with Gasteiger partial charge in [0.25, 0.3) is 5.56 Å². The second kappa shape index (κ2) is 6.55. The zero-order valence-electron chi connectivity index (χ0n) is 15.0. The van der Waals surface area contributed by atoms with E-state index in [1.54, 1.807) is 0 Å². The van der Waals surface area contributed by atoms with Crippen molar-refractivity contribution < 1.29 is 0 Å². The van der Waals surface area contributed by atoms with Gasteiger partial charge in [-0.3, -0.25) is 14.7 Å². The molecule has 1 fully saturated rings. The molecule has 0 spiro atoms. The van der Waals surface area contributed by atoms with Crippen molar-refractivity contribution in [2.75, 3.05) is 31.1 Å². The summed E-state index contributed by atoms with van der Waals surface area (Å²) in [6.45, 7) is 4.95. The molecule has 1 N–H and O–H groups in total. The number of anilines is 1. The van der Waals surface area contributed by atoms with Crippen LogP contribution in [-0.4, -0.2) is 45.4 Å². The predicted molar refractivity (Wildman–Crippen MR) is 107 cm³/mol. The summed E-state index contributed by atoms with van der Waals surface area (Å²) in [5.41, 5.74) is 4.23. The Morgan fingerprint density at radius 2 is 1.78 bits per heavy atom. The number of piperazine rings is 1. The Labute approximate surface area is 156 Å². The number of benzene rings is 1. The number of aromatic amines is 1. The van der Waals surface area contributed by atoms with Crippen LogP contribution < -0.4 is 10.5 Å². The average molecular weight is 359 g/mol. The lowest BCUT2D eigenvalue weighted by atomic mass is 10.2. The Bertz CT molecular complexity index is 1140. The molecule has 0 unspecified atom stereocenters. The van der Waals surface area contributed by atoms with Crippen LogP contribution in [0.4, 0.5) is 5.69 Å². The lowest BCUT2D eigenvalue weighted by Gasteiger charge is -2.35. The smallest absolute Gasteiger partial charge is 0.258 e. The van der Waals surface area contributed by atoms with E-state index in [2.05, 4.69) is 48.6 Å². The number of rotatable bonds is 3. The Morgan fingerprint density at radius 3 is 2.59 bits per heavy atom. The molecule has 1 aliphatic heterocycles. The average Bonchev–Trinajstić information content (AvgIpc) is 3.12. The minimum Gasteiger partial charge on any atom is -0.369 e. The van der Waals surface area contributed by atoms with Crippen LogP contribution in [0.25, 0.3) is 16.6 Å². The molecule has 1 aromatic carbocycles. The molecule has 6 heteroatoms. The van der Waals surface area contributed by atoms with E-state index in [0.29, 0.717) is 0 Å². The van der Waals surface area contributed by atoms with Crippen molar-refractivity contribution in [2.45, 2.75) is 6.54 Å². The number of aromatic nitrogens is 3. The zero-order valence-corrected chi connectivity index (χ0v) is 15.0. The molecule has 4 heterocycles. The maximum atomic E-state index is 12.3. The molecule has 3 aromatic heterocycles. The summed E-state index contributed by atoms with van der Waals surface area (Å²) in [5.74, 6) is 0. The molecular weight excluding hydrogens is 338 g/mol. The summed E-state index contributed by atoms with van der Waals surface area (Å²) in [6, 6.07) is 14.0. The van der Waals surface area contributed by atoms with Crippen molar-refractivity contribution in [2.24, 2.45) is 0 Å². The summed E-state index contributed by atoms with van der Waals surface area (Å²) in [7, 11) is 0. The van der Waals surface area contributed by atoms with Crippen LogP contribution in [0.2, 0.25) is 0 Å². The predicted octanol–water partition coefficient (Wildman–Crippen LogP) is 2.50. The molecule has 136 valence electrons. The zero-order chi connectivity index (χ0) is 18.2. The quantitative estimate of drug-likeness (QED) is 0.611. The topological polar surface area (TPSA) is 56.6 Å². The SMILES string of the molecule is O=c1[nH]c2cc(CN3CCN(c4ccncc4)CC3)cn2c2ccccc12. The van der Waals surface area contributed by atoms with Gasteiger partial charge >= 0.3 is 0 Å². The number of nitrogens with one attached hydrogen (secondary N) is 1. The highest BCUT2D eigenvalue weighted by Crippen LogP contribution is 2.19. The Morgan fingerprint density at radius 1 is 1.00 bits per heavy atom. The van der Waals surface area contributed by atoms with Crippen molar-refractivity contribution in [3.05, 3.63) is 77.0 Å². The van der Waals surface area contributed by atoms with Gasteiger partial charge in [-0.25, -0.2) is 0 Å². The largest absolute Gasteiger partial charge is 0.369 e. The Hall–Kier alpha value is -3.12. The normalized spacial score (nSPS) is 15.6. The molecule has 5 rings (SSSR count). The van der Waals surface area contributed by atoms with Gasteiger partial charge in [0.05, 0.1) is 10.9 Å².